The van der Waals surface area contributed by atoms with Crippen LogP contribution in [-0.4, -0.2) is 36.2 Å². The highest BCUT2D eigenvalue weighted by molar-refractivity contribution is 6.10. The zero-order chi connectivity index (χ0) is 22.4. The standard InChI is InChI=1S/C25H27N3O3/c1-5-25(17-11-7-6-8-12-17)22(30)28(23(31)26-25)16-18(29)15-21-24(2,3)19-13-9-10-14-20(19)27(21)4/h6-15H,5,16H2,1-4H3,(H,26,31)/b21-15+. The molecule has 3 amide bonds. The van der Waals surface area contributed by atoms with Crippen LogP contribution < -0.4 is 10.2 Å². The van der Waals surface area contributed by atoms with E-state index in [-0.39, 0.29) is 23.7 Å². The molecule has 0 spiro atoms. The number of benzene rings is 2. The van der Waals surface area contributed by atoms with Crippen molar-refractivity contribution in [2.24, 2.45) is 0 Å². The van der Waals surface area contributed by atoms with E-state index in [0.717, 1.165) is 27.4 Å². The Morgan fingerprint density at radius 3 is 2.32 bits per heavy atom. The fourth-order valence-electron chi connectivity index (χ4n) is 4.74. The minimum atomic E-state index is -1.13. The Hall–Kier alpha value is -3.41. The van der Waals surface area contributed by atoms with Crippen LogP contribution in [0.25, 0.3) is 0 Å². The average molecular weight is 418 g/mol. The third-order valence-corrected chi connectivity index (χ3v) is 6.52. The van der Waals surface area contributed by atoms with Gasteiger partial charge in [-0.25, -0.2) is 4.79 Å². The van der Waals surface area contributed by atoms with E-state index < -0.39 is 11.6 Å². The Bertz CT molecular complexity index is 1090. The maximum Gasteiger partial charge on any atom is 0.325 e. The molecule has 160 valence electrons. The van der Waals surface area contributed by atoms with Crippen molar-refractivity contribution in [1.29, 1.82) is 0 Å². The van der Waals surface area contributed by atoms with Gasteiger partial charge >= 0.3 is 6.03 Å². The first-order valence-corrected chi connectivity index (χ1v) is 10.5. The number of likely N-dealkylation sites (N-methyl/N-ethyl adjacent to an activating group) is 1. The van der Waals surface area contributed by atoms with Crippen molar-refractivity contribution in [1.82, 2.24) is 10.2 Å². The average Bonchev–Trinajstić information content (AvgIpc) is 3.12. The van der Waals surface area contributed by atoms with E-state index in [0.29, 0.717) is 6.42 Å². The third-order valence-electron chi connectivity index (χ3n) is 6.52. The number of amides is 3. The first-order chi connectivity index (χ1) is 14.7. The van der Waals surface area contributed by atoms with Crippen LogP contribution in [0.5, 0.6) is 0 Å². The van der Waals surface area contributed by atoms with Gasteiger partial charge in [-0.3, -0.25) is 14.5 Å². The number of hydrogen-bond acceptors (Lipinski definition) is 4. The van der Waals surface area contributed by atoms with Crippen molar-refractivity contribution in [3.05, 3.63) is 77.5 Å². The molecule has 31 heavy (non-hydrogen) atoms. The van der Waals surface area contributed by atoms with Crippen LogP contribution in [0.15, 0.2) is 66.4 Å². The van der Waals surface area contributed by atoms with E-state index in [1.54, 1.807) is 6.08 Å². The molecule has 1 saturated heterocycles. The summed E-state index contributed by atoms with van der Waals surface area (Å²) in [7, 11) is 1.93. The summed E-state index contributed by atoms with van der Waals surface area (Å²) in [6, 6.07) is 16.7. The number of rotatable bonds is 5. The molecule has 2 aliphatic rings. The quantitative estimate of drug-likeness (QED) is 0.595. The highest BCUT2D eigenvalue weighted by atomic mass is 16.2. The number of anilines is 1. The molecule has 1 unspecified atom stereocenters. The van der Waals surface area contributed by atoms with Gasteiger partial charge in [-0.2, -0.15) is 0 Å². The van der Waals surface area contributed by atoms with Gasteiger partial charge in [0, 0.05) is 29.9 Å². The predicted octanol–water partition coefficient (Wildman–Crippen LogP) is 3.72. The number of hydrogen-bond donors (Lipinski definition) is 1. The zero-order valence-corrected chi connectivity index (χ0v) is 18.3. The third kappa shape index (κ3) is 3.14. The number of imide groups is 1. The van der Waals surface area contributed by atoms with Gasteiger partial charge in [-0.15, -0.1) is 0 Å². The molecule has 1 N–H and O–H groups in total. The number of para-hydroxylation sites is 1. The highest BCUT2D eigenvalue weighted by Crippen LogP contribution is 2.46. The molecule has 2 aromatic rings. The molecule has 4 rings (SSSR count). The number of carbonyl (C=O) groups excluding carboxylic acids is 3. The molecule has 1 atom stereocenters. The SMILES string of the molecule is CCC1(c2ccccc2)NC(=O)N(CC(=O)/C=C2/N(C)c3ccccc3C2(C)C)C1=O. The van der Waals surface area contributed by atoms with E-state index in [1.165, 1.54) is 0 Å². The number of allylic oxidation sites excluding steroid dienone is 1. The number of carbonyl (C=O) groups is 3. The lowest BCUT2D eigenvalue weighted by Gasteiger charge is -2.26. The molecule has 6 nitrogen and oxygen atoms in total. The first kappa shape index (κ1) is 20.8. The van der Waals surface area contributed by atoms with Crippen molar-refractivity contribution in [3.8, 4) is 0 Å². The number of urea groups is 1. The number of nitrogens with zero attached hydrogens (tertiary/aromatic N) is 2. The van der Waals surface area contributed by atoms with E-state index >= 15 is 0 Å². The monoisotopic (exact) mass is 417 g/mol. The zero-order valence-electron chi connectivity index (χ0n) is 18.3. The van der Waals surface area contributed by atoms with E-state index in [4.69, 9.17) is 0 Å². The van der Waals surface area contributed by atoms with Crippen molar-refractivity contribution >= 4 is 23.4 Å². The maximum absolute atomic E-state index is 13.3. The smallest absolute Gasteiger partial charge is 0.325 e. The predicted molar refractivity (Wildman–Crippen MR) is 120 cm³/mol. The summed E-state index contributed by atoms with van der Waals surface area (Å²) < 4.78 is 0. The highest BCUT2D eigenvalue weighted by Gasteiger charge is 2.51. The molecule has 2 aliphatic heterocycles. The number of ketones is 1. The summed E-state index contributed by atoms with van der Waals surface area (Å²) in [6.45, 7) is 5.70. The Labute approximate surface area is 182 Å². The minimum absolute atomic E-state index is 0.286. The van der Waals surface area contributed by atoms with Crippen molar-refractivity contribution in [2.45, 2.75) is 38.1 Å². The van der Waals surface area contributed by atoms with Crippen LogP contribution in [0.2, 0.25) is 0 Å². The van der Waals surface area contributed by atoms with E-state index in [9.17, 15) is 14.4 Å². The van der Waals surface area contributed by atoms with E-state index in [2.05, 4.69) is 25.2 Å². The van der Waals surface area contributed by atoms with Crippen LogP contribution in [0.3, 0.4) is 0 Å². The summed E-state index contributed by atoms with van der Waals surface area (Å²) >= 11 is 0. The van der Waals surface area contributed by atoms with Gasteiger partial charge in [-0.05, 0) is 23.6 Å². The van der Waals surface area contributed by atoms with E-state index in [1.807, 2.05) is 67.4 Å². The lowest BCUT2D eigenvalue weighted by atomic mass is 9.83. The summed E-state index contributed by atoms with van der Waals surface area (Å²) in [6.07, 6.45) is 1.97. The molecule has 2 heterocycles. The van der Waals surface area contributed by atoms with Gasteiger partial charge in [0.05, 0.1) is 6.54 Å². The Balaban J connectivity index is 1.60. The van der Waals surface area contributed by atoms with Crippen LogP contribution in [0.4, 0.5) is 10.5 Å². The molecule has 0 radical (unpaired) electrons. The van der Waals surface area contributed by atoms with Crippen LogP contribution in [0, 0.1) is 0 Å². The largest absolute Gasteiger partial charge is 0.347 e. The second-order valence-electron chi connectivity index (χ2n) is 8.64. The summed E-state index contributed by atoms with van der Waals surface area (Å²) in [5, 5.41) is 2.83. The molecule has 0 aliphatic carbocycles. The van der Waals surface area contributed by atoms with Gasteiger partial charge in [0.2, 0.25) is 0 Å². The second kappa shape index (κ2) is 7.38. The number of fused-ring (bicyclic) bond motifs is 1. The molecule has 1 fully saturated rings. The molecular weight excluding hydrogens is 390 g/mol. The fourth-order valence-corrected chi connectivity index (χ4v) is 4.74. The van der Waals surface area contributed by atoms with Gasteiger partial charge in [-0.1, -0.05) is 69.3 Å². The Morgan fingerprint density at radius 1 is 1.03 bits per heavy atom. The van der Waals surface area contributed by atoms with Crippen molar-refractivity contribution in [3.63, 3.8) is 0 Å². The lowest BCUT2D eigenvalue weighted by molar-refractivity contribution is -0.134. The van der Waals surface area contributed by atoms with Gasteiger partial charge < -0.3 is 10.2 Å². The second-order valence-corrected chi connectivity index (χ2v) is 8.64. The molecule has 2 aromatic carbocycles. The van der Waals surface area contributed by atoms with Crippen LogP contribution in [0.1, 0.15) is 38.3 Å². The molecular formula is C25H27N3O3. The molecule has 0 aromatic heterocycles. The van der Waals surface area contributed by atoms with Gasteiger partial charge in [0.15, 0.2) is 5.78 Å². The van der Waals surface area contributed by atoms with Crippen LogP contribution in [-0.2, 0) is 20.5 Å². The van der Waals surface area contributed by atoms with Crippen molar-refractivity contribution < 1.29 is 14.4 Å². The van der Waals surface area contributed by atoms with Crippen LogP contribution >= 0.6 is 0 Å². The lowest BCUT2D eigenvalue weighted by Crippen LogP contribution is -2.43. The normalized spacial score (nSPS) is 23.3. The summed E-state index contributed by atoms with van der Waals surface area (Å²) in [5.74, 6) is -0.675. The molecule has 6 heteroatoms. The van der Waals surface area contributed by atoms with Gasteiger partial charge in [0.1, 0.15) is 5.54 Å². The van der Waals surface area contributed by atoms with Gasteiger partial charge in [0.25, 0.3) is 5.91 Å². The minimum Gasteiger partial charge on any atom is -0.347 e. The fraction of sp³-hybridized carbons (Fsp3) is 0.320. The molecule has 0 bridgehead atoms. The maximum atomic E-state index is 13.3. The topological polar surface area (TPSA) is 69.7 Å². The Kier molecular flexibility index (Phi) is 4.96. The Morgan fingerprint density at radius 2 is 1.68 bits per heavy atom. The summed E-state index contributed by atoms with van der Waals surface area (Å²) in [4.78, 5) is 42.0. The first-order valence-electron chi connectivity index (χ1n) is 10.5. The summed E-state index contributed by atoms with van der Waals surface area (Å²) in [5.41, 5.74) is 2.27. The van der Waals surface area contributed by atoms with Crippen molar-refractivity contribution in [2.75, 3.05) is 18.5 Å². The molecule has 0 saturated carbocycles. The number of nitrogens with one attached hydrogen (secondary N) is 1.